The van der Waals surface area contributed by atoms with Gasteiger partial charge in [0.15, 0.2) is 0 Å². The van der Waals surface area contributed by atoms with Crippen molar-refractivity contribution >= 4 is 18.0 Å². The number of aliphatic carboxylic acids is 1. The molecule has 1 aromatic heterocycles. The minimum Gasteiger partial charge on any atom is -0.478 e. The molecule has 0 spiro atoms. The van der Waals surface area contributed by atoms with Crippen molar-refractivity contribution in [3.8, 4) is 0 Å². The molecular weight excluding hydrogens is 380 g/mol. The number of hydrogen-bond acceptors (Lipinski definition) is 3. The third-order valence-corrected chi connectivity index (χ3v) is 4.82. The van der Waals surface area contributed by atoms with Crippen molar-refractivity contribution < 1.29 is 19.8 Å². The number of imidazole rings is 1. The van der Waals surface area contributed by atoms with Crippen LogP contribution in [0.15, 0.2) is 66.4 Å². The summed E-state index contributed by atoms with van der Waals surface area (Å²) < 4.78 is 1.99. The standard InChI is InChI=1S/C24H24N2O4/c1-2-6-22-25-15-21(14-20(24(29)30)13-17-7-4-3-5-8-17)26(22)16-18-9-11-19(12-10-18)23(27)28/h3-5,7-12,14-15H,2,6,13,16H2,1H3,(H,27,28)(H,29,30)/b20-14+. The number of rotatable bonds is 9. The van der Waals surface area contributed by atoms with Gasteiger partial charge in [0.2, 0.25) is 0 Å². The van der Waals surface area contributed by atoms with Crippen LogP contribution >= 0.6 is 0 Å². The maximum atomic E-state index is 11.9. The molecule has 0 aliphatic rings. The highest BCUT2D eigenvalue weighted by Crippen LogP contribution is 2.18. The fraction of sp³-hybridized carbons (Fsp3) is 0.208. The molecule has 0 radical (unpaired) electrons. The van der Waals surface area contributed by atoms with Crippen molar-refractivity contribution in [2.24, 2.45) is 0 Å². The van der Waals surface area contributed by atoms with Gasteiger partial charge in [-0.2, -0.15) is 0 Å². The molecular formula is C24H24N2O4. The van der Waals surface area contributed by atoms with E-state index in [1.165, 1.54) is 0 Å². The first-order valence-corrected chi connectivity index (χ1v) is 9.82. The first-order valence-electron chi connectivity index (χ1n) is 9.82. The molecule has 0 fully saturated rings. The predicted octanol–water partition coefficient (Wildman–Crippen LogP) is 4.29. The van der Waals surface area contributed by atoms with E-state index in [-0.39, 0.29) is 11.1 Å². The van der Waals surface area contributed by atoms with Crippen LogP contribution < -0.4 is 0 Å². The Morgan fingerprint density at radius 1 is 1.00 bits per heavy atom. The molecule has 1 heterocycles. The van der Waals surface area contributed by atoms with E-state index in [1.54, 1.807) is 36.5 Å². The Labute approximate surface area is 175 Å². The number of nitrogens with zero attached hydrogens (tertiary/aromatic N) is 2. The van der Waals surface area contributed by atoms with E-state index < -0.39 is 11.9 Å². The first-order chi connectivity index (χ1) is 14.5. The minimum absolute atomic E-state index is 0.231. The summed E-state index contributed by atoms with van der Waals surface area (Å²) in [5.74, 6) is -1.06. The largest absolute Gasteiger partial charge is 0.478 e. The van der Waals surface area contributed by atoms with E-state index in [4.69, 9.17) is 5.11 Å². The molecule has 2 aromatic carbocycles. The molecule has 0 unspecified atom stereocenters. The molecule has 0 saturated carbocycles. The Balaban J connectivity index is 1.94. The topological polar surface area (TPSA) is 92.4 Å². The van der Waals surface area contributed by atoms with Gasteiger partial charge >= 0.3 is 11.9 Å². The van der Waals surface area contributed by atoms with Crippen LogP contribution in [0.4, 0.5) is 0 Å². The molecule has 6 nitrogen and oxygen atoms in total. The second-order valence-corrected chi connectivity index (χ2v) is 7.07. The monoisotopic (exact) mass is 404 g/mol. The summed E-state index contributed by atoms with van der Waals surface area (Å²) in [5.41, 5.74) is 3.08. The van der Waals surface area contributed by atoms with Crippen molar-refractivity contribution in [2.45, 2.75) is 32.7 Å². The van der Waals surface area contributed by atoms with E-state index in [0.717, 1.165) is 29.8 Å². The molecule has 6 heteroatoms. The lowest BCUT2D eigenvalue weighted by molar-refractivity contribution is -0.132. The van der Waals surface area contributed by atoms with Crippen LogP contribution in [0, 0.1) is 0 Å². The van der Waals surface area contributed by atoms with Gasteiger partial charge in [-0.05, 0) is 35.8 Å². The number of benzene rings is 2. The van der Waals surface area contributed by atoms with Gasteiger partial charge in [0.1, 0.15) is 5.82 Å². The number of aryl methyl sites for hydroxylation is 1. The summed E-state index contributed by atoms with van der Waals surface area (Å²) in [6, 6.07) is 16.2. The van der Waals surface area contributed by atoms with Gasteiger partial charge in [-0.25, -0.2) is 14.6 Å². The van der Waals surface area contributed by atoms with Crippen LogP contribution in [0.3, 0.4) is 0 Å². The second-order valence-electron chi connectivity index (χ2n) is 7.07. The van der Waals surface area contributed by atoms with E-state index in [1.807, 2.05) is 34.9 Å². The first kappa shape index (κ1) is 21.0. The lowest BCUT2D eigenvalue weighted by Gasteiger charge is -2.11. The van der Waals surface area contributed by atoms with Crippen molar-refractivity contribution in [1.82, 2.24) is 9.55 Å². The summed E-state index contributed by atoms with van der Waals surface area (Å²) in [5, 5.41) is 18.8. The van der Waals surface area contributed by atoms with Gasteiger partial charge in [0, 0.05) is 25.0 Å². The highest BCUT2D eigenvalue weighted by atomic mass is 16.4. The number of carbonyl (C=O) groups is 2. The number of hydrogen-bond donors (Lipinski definition) is 2. The molecule has 154 valence electrons. The van der Waals surface area contributed by atoms with Crippen LogP contribution in [0.25, 0.3) is 6.08 Å². The minimum atomic E-state index is -0.966. The average Bonchev–Trinajstić information content (AvgIpc) is 3.10. The van der Waals surface area contributed by atoms with Gasteiger partial charge in [0.25, 0.3) is 0 Å². The molecule has 3 rings (SSSR count). The lowest BCUT2D eigenvalue weighted by Crippen LogP contribution is -2.09. The van der Waals surface area contributed by atoms with Crippen LogP contribution in [0.2, 0.25) is 0 Å². The fourth-order valence-electron chi connectivity index (χ4n) is 3.27. The summed E-state index contributed by atoms with van der Waals surface area (Å²) >= 11 is 0. The van der Waals surface area contributed by atoms with Crippen LogP contribution in [0.5, 0.6) is 0 Å². The van der Waals surface area contributed by atoms with E-state index in [0.29, 0.717) is 18.7 Å². The molecule has 0 atom stereocenters. The van der Waals surface area contributed by atoms with Crippen molar-refractivity contribution in [2.75, 3.05) is 0 Å². The van der Waals surface area contributed by atoms with E-state index >= 15 is 0 Å². The Hall–Kier alpha value is -3.67. The van der Waals surface area contributed by atoms with Crippen molar-refractivity contribution in [3.05, 3.63) is 94.6 Å². The van der Waals surface area contributed by atoms with Gasteiger partial charge in [-0.1, -0.05) is 49.4 Å². The number of carboxylic acids is 2. The second kappa shape index (κ2) is 9.69. The number of aromatic carboxylic acids is 1. The Bertz CT molecular complexity index is 1050. The molecule has 0 aliphatic heterocycles. The van der Waals surface area contributed by atoms with Gasteiger partial charge in [0.05, 0.1) is 17.5 Å². The normalized spacial score (nSPS) is 11.4. The van der Waals surface area contributed by atoms with E-state index in [9.17, 15) is 14.7 Å². The van der Waals surface area contributed by atoms with Crippen molar-refractivity contribution in [1.29, 1.82) is 0 Å². The zero-order valence-electron chi connectivity index (χ0n) is 16.8. The zero-order chi connectivity index (χ0) is 21.5. The van der Waals surface area contributed by atoms with Crippen LogP contribution in [0.1, 0.15) is 46.3 Å². The Morgan fingerprint density at radius 2 is 1.70 bits per heavy atom. The smallest absolute Gasteiger partial charge is 0.335 e. The van der Waals surface area contributed by atoms with E-state index in [2.05, 4.69) is 11.9 Å². The van der Waals surface area contributed by atoms with Gasteiger partial charge in [-0.3, -0.25) is 0 Å². The predicted molar refractivity (Wildman–Crippen MR) is 114 cm³/mol. The Morgan fingerprint density at radius 3 is 2.30 bits per heavy atom. The summed E-state index contributed by atoms with van der Waals surface area (Å²) in [7, 11) is 0. The SMILES string of the molecule is CCCc1ncc(/C=C(\Cc2ccccc2)C(=O)O)n1Cc1ccc(C(=O)O)cc1. The summed E-state index contributed by atoms with van der Waals surface area (Å²) in [6.45, 7) is 2.55. The van der Waals surface area contributed by atoms with Crippen molar-refractivity contribution in [3.63, 3.8) is 0 Å². The molecule has 0 amide bonds. The quantitative estimate of drug-likeness (QED) is 0.519. The third-order valence-electron chi connectivity index (χ3n) is 4.82. The van der Waals surface area contributed by atoms with Gasteiger partial charge in [-0.15, -0.1) is 0 Å². The number of carboxylic acid groups (broad SMARTS) is 2. The fourth-order valence-corrected chi connectivity index (χ4v) is 3.27. The Kier molecular flexibility index (Phi) is 6.80. The molecule has 0 saturated heterocycles. The molecule has 30 heavy (non-hydrogen) atoms. The summed E-state index contributed by atoms with van der Waals surface area (Å²) in [4.78, 5) is 27.4. The average molecular weight is 404 g/mol. The highest BCUT2D eigenvalue weighted by Gasteiger charge is 2.14. The maximum absolute atomic E-state index is 11.9. The maximum Gasteiger partial charge on any atom is 0.335 e. The lowest BCUT2D eigenvalue weighted by atomic mass is 10.0. The molecule has 0 aliphatic carbocycles. The molecule has 0 bridgehead atoms. The van der Waals surface area contributed by atoms with Crippen LogP contribution in [-0.4, -0.2) is 31.7 Å². The number of aromatic nitrogens is 2. The van der Waals surface area contributed by atoms with Gasteiger partial charge < -0.3 is 14.8 Å². The third kappa shape index (κ3) is 5.23. The van der Waals surface area contributed by atoms with Crippen LogP contribution in [-0.2, 0) is 24.2 Å². The zero-order valence-corrected chi connectivity index (χ0v) is 16.8. The molecule has 3 aromatic rings. The summed E-state index contributed by atoms with van der Waals surface area (Å²) in [6.07, 6.45) is 5.37. The molecule has 2 N–H and O–H groups in total. The highest BCUT2D eigenvalue weighted by molar-refractivity contribution is 5.92.